The molecule has 0 unspecified atom stereocenters. The minimum Gasteiger partial charge on any atom is -0.351 e. The molecule has 0 aliphatic heterocycles. The maximum atomic E-state index is 8.98. The van der Waals surface area contributed by atoms with E-state index < -0.39 is 0 Å². The SMILES string of the molecule is N#Cc1ccc(C(CCc2c[nH]cn2)c2ccc(C#N)cc2)cc1. The first kappa shape index (κ1) is 15.5. The Morgan fingerprint density at radius 1 is 0.875 bits per heavy atom. The fourth-order valence-electron chi connectivity index (χ4n) is 2.83. The van der Waals surface area contributed by atoms with Crippen LogP contribution in [0.4, 0.5) is 0 Å². The van der Waals surface area contributed by atoms with E-state index in [0.29, 0.717) is 11.1 Å². The van der Waals surface area contributed by atoms with E-state index in [1.165, 1.54) is 0 Å². The number of aromatic amines is 1. The third-order valence-corrected chi connectivity index (χ3v) is 4.13. The Labute approximate surface area is 141 Å². The average Bonchev–Trinajstić information content (AvgIpc) is 3.16. The Morgan fingerprint density at radius 2 is 1.42 bits per heavy atom. The molecule has 0 spiro atoms. The van der Waals surface area contributed by atoms with Crippen molar-refractivity contribution in [1.29, 1.82) is 10.5 Å². The Bertz CT molecular complexity index is 806. The molecule has 4 nitrogen and oxygen atoms in total. The number of nitrogens with one attached hydrogen (secondary N) is 1. The van der Waals surface area contributed by atoms with Crippen molar-refractivity contribution in [2.75, 3.05) is 0 Å². The normalized spacial score (nSPS) is 10.3. The number of aromatic nitrogens is 2. The molecule has 1 N–H and O–H groups in total. The highest BCUT2D eigenvalue weighted by Crippen LogP contribution is 2.29. The second-order valence-corrected chi connectivity index (χ2v) is 5.62. The standard InChI is InChI=1S/C20H16N4/c21-11-15-1-5-17(6-2-15)20(10-9-19-13-23-14-24-19)18-7-3-16(12-22)4-8-18/h1-8,13-14,20H,9-10H2,(H,23,24). The van der Waals surface area contributed by atoms with Crippen molar-refractivity contribution in [2.24, 2.45) is 0 Å². The lowest BCUT2D eigenvalue weighted by Crippen LogP contribution is -2.04. The number of hydrogen-bond donors (Lipinski definition) is 1. The van der Waals surface area contributed by atoms with E-state index in [4.69, 9.17) is 10.5 Å². The predicted molar refractivity (Wildman–Crippen MR) is 91.1 cm³/mol. The largest absolute Gasteiger partial charge is 0.351 e. The molecule has 0 atom stereocenters. The molecule has 0 bridgehead atoms. The van der Waals surface area contributed by atoms with Crippen molar-refractivity contribution in [2.45, 2.75) is 18.8 Å². The molecule has 0 aliphatic carbocycles. The lowest BCUT2D eigenvalue weighted by atomic mass is 9.86. The topological polar surface area (TPSA) is 76.3 Å². The summed E-state index contributed by atoms with van der Waals surface area (Å²) in [4.78, 5) is 7.27. The molecule has 116 valence electrons. The lowest BCUT2D eigenvalue weighted by molar-refractivity contribution is 0.706. The third kappa shape index (κ3) is 3.51. The van der Waals surface area contributed by atoms with Crippen LogP contribution in [0.3, 0.4) is 0 Å². The molecule has 0 fully saturated rings. The van der Waals surface area contributed by atoms with Crippen molar-refractivity contribution >= 4 is 0 Å². The highest BCUT2D eigenvalue weighted by atomic mass is 14.9. The molecular formula is C20H16N4. The zero-order chi connectivity index (χ0) is 16.8. The number of nitriles is 2. The Morgan fingerprint density at radius 3 is 1.83 bits per heavy atom. The van der Waals surface area contributed by atoms with Crippen LogP contribution in [0.5, 0.6) is 0 Å². The van der Waals surface area contributed by atoms with Gasteiger partial charge in [-0.25, -0.2) is 4.98 Å². The van der Waals surface area contributed by atoms with Gasteiger partial charge >= 0.3 is 0 Å². The van der Waals surface area contributed by atoms with Crippen molar-refractivity contribution in [3.8, 4) is 12.1 Å². The van der Waals surface area contributed by atoms with E-state index in [1.54, 1.807) is 6.33 Å². The van der Waals surface area contributed by atoms with Gasteiger partial charge < -0.3 is 4.98 Å². The van der Waals surface area contributed by atoms with Gasteiger partial charge in [0.05, 0.1) is 35.3 Å². The fourth-order valence-corrected chi connectivity index (χ4v) is 2.83. The molecule has 24 heavy (non-hydrogen) atoms. The van der Waals surface area contributed by atoms with E-state index in [9.17, 15) is 0 Å². The number of rotatable bonds is 5. The minimum absolute atomic E-state index is 0.196. The van der Waals surface area contributed by atoms with Crippen molar-refractivity contribution in [3.63, 3.8) is 0 Å². The lowest BCUT2D eigenvalue weighted by Gasteiger charge is -2.18. The molecule has 0 saturated heterocycles. The molecule has 0 amide bonds. The van der Waals surface area contributed by atoms with Gasteiger partial charge in [-0.2, -0.15) is 10.5 Å². The average molecular weight is 312 g/mol. The first-order chi connectivity index (χ1) is 11.8. The molecule has 3 rings (SSSR count). The van der Waals surface area contributed by atoms with Crippen LogP contribution in [0.25, 0.3) is 0 Å². The van der Waals surface area contributed by atoms with Crippen LogP contribution < -0.4 is 0 Å². The van der Waals surface area contributed by atoms with Gasteiger partial charge in [0.2, 0.25) is 0 Å². The van der Waals surface area contributed by atoms with Gasteiger partial charge in [0.25, 0.3) is 0 Å². The van der Waals surface area contributed by atoms with E-state index >= 15 is 0 Å². The summed E-state index contributed by atoms with van der Waals surface area (Å²) in [7, 11) is 0. The summed E-state index contributed by atoms with van der Waals surface area (Å²) < 4.78 is 0. The zero-order valence-electron chi connectivity index (χ0n) is 13.1. The van der Waals surface area contributed by atoms with E-state index in [0.717, 1.165) is 29.7 Å². The van der Waals surface area contributed by atoms with Crippen LogP contribution >= 0.6 is 0 Å². The van der Waals surface area contributed by atoms with Gasteiger partial charge in [-0.05, 0) is 48.2 Å². The summed E-state index contributed by atoms with van der Waals surface area (Å²) in [6.07, 6.45) is 5.36. The third-order valence-electron chi connectivity index (χ3n) is 4.13. The minimum atomic E-state index is 0.196. The Balaban J connectivity index is 1.89. The predicted octanol–water partition coefficient (Wildman–Crippen LogP) is 3.92. The first-order valence-corrected chi connectivity index (χ1v) is 7.78. The van der Waals surface area contributed by atoms with Crippen molar-refractivity contribution in [3.05, 3.63) is 89.0 Å². The molecule has 0 radical (unpaired) electrons. The monoisotopic (exact) mass is 312 g/mol. The Hall–Kier alpha value is -3.37. The molecule has 2 aromatic carbocycles. The van der Waals surface area contributed by atoms with Crippen molar-refractivity contribution in [1.82, 2.24) is 9.97 Å². The van der Waals surface area contributed by atoms with Gasteiger partial charge in [0.15, 0.2) is 0 Å². The van der Waals surface area contributed by atoms with Crippen LogP contribution in [0.1, 0.15) is 40.3 Å². The number of imidazole rings is 1. The number of hydrogen-bond acceptors (Lipinski definition) is 3. The van der Waals surface area contributed by atoms with Crippen molar-refractivity contribution < 1.29 is 0 Å². The molecule has 3 aromatic rings. The number of nitrogens with zero attached hydrogens (tertiary/aromatic N) is 3. The highest BCUT2D eigenvalue weighted by molar-refractivity contribution is 5.40. The smallest absolute Gasteiger partial charge is 0.0991 e. The summed E-state index contributed by atoms with van der Waals surface area (Å²) in [6, 6.07) is 19.7. The van der Waals surface area contributed by atoms with Crippen LogP contribution in [0, 0.1) is 22.7 Å². The second-order valence-electron chi connectivity index (χ2n) is 5.62. The van der Waals surface area contributed by atoms with E-state index in [-0.39, 0.29) is 5.92 Å². The highest BCUT2D eigenvalue weighted by Gasteiger charge is 2.15. The van der Waals surface area contributed by atoms with Crippen LogP contribution in [-0.4, -0.2) is 9.97 Å². The van der Waals surface area contributed by atoms with Crippen LogP contribution in [-0.2, 0) is 6.42 Å². The number of benzene rings is 2. The molecule has 4 heteroatoms. The maximum Gasteiger partial charge on any atom is 0.0991 e. The summed E-state index contributed by atoms with van der Waals surface area (Å²) in [5.74, 6) is 0.196. The Kier molecular flexibility index (Phi) is 4.70. The molecule has 1 aromatic heterocycles. The summed E-state index contributed by atoms with van der Waals surface area (Å²) in [6.45, 7) is 0. The van der Waals surface area contributed by atoms with Gasteiger partial charge in [0, 0.05) is 12.1 Å². The summed E-state index contributed by atoms with van der Waals surface area (Å²) in [5, 5.41) is 18.0. The zero-order valence-corrected chi connectivity index (χ0v) is 13.1. The van der Waals surface area contributed by atoms with Crippen LogP contribution in [0.2, 0.25) is 0 Å². The number of H-pyrrole nitrogens is 1. The maximum absolute atomic E-state index is 8.98. The molecular weight excluding hydrogens is 296 g/mol. The summed E-state index contributed by atoms with van der Waals surface area (Å²) in [5.41, 5.74) is 4.67. The fraction of sp³-hybridized carbons (Fsp3) is 0.150. The quantitative estimate of drug-likeness (QED) is 0.775. The second kappa shape index (κ2) is 7.26. The van der Waals surface area contributed by atoms with Gasteiger partial charge in [-0.15, -0.1) is 0 Å². The molecule has 0 aliphatic rings. The van der Waals surface area contributed by atoms with Gasteiger partial charge in [-0.1, -0.05) is 24.3 Å². The van der Waals surface area contributed by atoms with E-state index in [2.05, 4.69) is 22.1 Å². The van der Waals surface area contributed by atoms with E-state index in [1.807, 2.05) is 54.7 Å². The van der Waals surface area contributed by atoms with Gasteiger partial charge in [0.1, 0.15) is 0 Å². The van der Waals surface area contributed by atoms with Gasteiger partial charge in [-0.3, -0.25) is 0 Å². The van der Waals surface area contributed by atoms with Crippen LogP contribution in [0.15, 0.2) is 61.1 Å². The summed E-state index contributed by atoms with van der Waals surface area (Å²) >= 11 is 0. The molecule has 0 saturated carbocycles. The first-order valence-electron chi connectivity index (χ1n) is 7.78. The molecule has 1 heterocycles. The number of aryl methyl sites for hydroxylation is 1.